The average Bonchev–Trinajstić information content (AvgIpc) is 2.44. The van der Waals surface area contributed by atoms with E-state index in [2.05, 4.69) is 19.2 Å². The van der Waals surface area contributed by atoms with E-state index in [0.717, 1.165) is 12.1 Å². The topological polar surface area (TPSA) is 75.4 Å². The third kappa shape index (κ3) is 3.82. The van der Waals surface area contributed by atoms with E-state index < -0.39 is 0 Å². The first kappa shape index (κ1) is 15.5. The largest absolute Gasteiger partial charge is 0.330 e. The van der Waals surface area contributed by atoms with E-state index in [-0.39, 0.29) is 24.3 Å². The molecule has 1 aliphatic heterocycles. The molecule has 0 radical (unpaired) electrons. The molecule has 114 valence electrons. The van der Waals surface area contributed by atoms with Crippen molar-refractivity contribution in [1.29, 1.82) is 0 Å². The molecular formula is C16H23N3O2. The van der Waals surface area contributed by atoms with Crippen LogP contribution < -0.4 is 16.0 Å². The van der Waals surface area contributed by atoms with Crippen molar-refractivity contribution in [2.75, 3.05) is 23.3 Å². The molecular weight excluding hydrogens is 266 g/mol. The van der Waals surface area contributed by atoms with E-state index in [1.54, 1.807) is 11.0 Å². The molecule has 1 aliphatic rings. The zero-order valence-corrected chi connectivity index (χ0v) is 12.6. The van der Waals surface area contributed by atoms with Gasteiger partial charge < -0.3 is 16.0 Å². The predicted octanol–water partition coefficient (Wildman–Crippen LogP) is 1.98. The van der Waals surface area contributed by atoms with Gasteiger partial charge in [0.15, 0.2) is 0 Å². The molecule has 0 fully saturated rings. The average molecular weight is 289 g/mol. The first-order valence-corrected chi connectivity index (χ1v) is 7.40. The number of fused-ring (bicyclic) bond motifs is 1. The third-order valence-electron chi connectivity index (χ3n) is 3.67. The summed E-state index contributed by atoms with van der Waals surface area (Å²) in [6.45, 7) is 4.81. The Morgan fingerprint density at radius 1 is 1.38 bits per heavy atom. The predicted molar refractivity (Wildman–Crippen MR) is 84.0 cm³/mol. The van der Waals surface area contributed by atoms with Gasteiger partial charge in [-0.25, -0.2) is 0 Å². The van der Waals surface area contributed by atoms with E-state index in [1.165, 1.54) is 0 Å². The maximum atomic E-state index is 12.5. The van der Waals surface area contributed by atoms with Crippen LogP contribution in [0.3, 0.4) is 0 Å². The molecule has 0 bridgehead atoms. The Hall–Kier alpha value is -1.88. The smallest absolute Gasteiger partial charge is 0.244 e. The summed E-state index contributed by atoms with van der Waals surface area (Å²) in [5.41, 5.74) is 7.23. The van der Waals surface area contributed by atoms with Gasteiger partial charge in [0.05, 0.1) is 11.4 Å². The Labute approximate surface area is 125 Å². The quantitative estimate of drug-likeness (QED) is 0.870. The molecule has 0 spiro atoms. The van der Waals surface area contributed by atoms with Crippen LogP contribution in [0.5, 0.6) is 0 Å². The number of benzene rings is 1. The molecule has 2 amide bonds. The number of hydrogen-bond acceptors (Lipinski definition) is 3. The zero-order chi connectivity index (χ0) is 15.4. The first-order valence-electron chi connectivity index (χ1n) is 7.40. The normalized spacial score (nSPS) is 15.6. The van der Waals surface area contributed by atoms with Crippen LogP contribution in [0.2, 0.25) is 0 Å². The summed E-state index contributed by atoms with van der Waals surface area (Å²) >= 11 is 0. The number of amides is 2. The number of nitrogens with two attached hydrogens (primary N) is 1. The van der Waals surface area contributed by atoms with Crippen molar-refractivity contribution >= 4 is 23.2 Å². The van der Waals surface area contributed by atoms with Gasteiger partial charge in [-0.1, -0.05) is 26.0 Å². The number of anilines is 2. The van der Waals surface area contributed by atoms with Crippen molar-refractivity contribution in [3.8, 4) is 0 Å². The highest BCUT2D eigenvalue weighted by atomic mass is 16.2. The lowest BCUT2D eigenvalue weighted by atomic mass is 9.93. The number of rotatable bonds is 5. The van der Waals surface area contributed by atoms with E-state index in [9.17, 15) is 9.59 Å². The monoisotopic (exact) mass is 289 g/mol. The van der Waals surface area contributed by atoms with E-state index in [4.69, 9.17) is 5.73 Å². The standard InChI is InChI=1S/C16H23N3O2/c1-11(2)7-12(9-17)8-16(21)19-10-15(20)18-13-5-3-4-6-14(13)19/h3-6,11-12H,7-10,17H2,1-2H3,(H,18,20)/t12-/m0/s1. The van der Waals surface area contributed by atoms with Crippen LogP contribution in [0.25, 0.3) is 0 Å². The molecule has 0 unspecified atom stereocenters. The highest BCUT2D eigenvalue weighted by Crippen LogP contribution is 2.30. The van der Waals surface area contributed by atoms with Crippen molar-refractivity contribution in [3.05, 3.63) is 24.3 Å². The summed E-state index contributed by atoms with van der Waals surface area (Å²) in [6, 6.07) is 7.37. The lowest BCUT2D eigenvalue weighted by Gasteiger charge is -2.30. The van der Waals surface area contributed by atoms with Gasteiger partial charge in [-0.15, -0.1) is 0 Å². The Morgan fingerprint density at radius 3 is 2.76 bits per heavy atom. The van der Waals surface area contributed by atoms with Gasteiger partial charge >= 0.3 is 0 Å². The van der Waals surface area contributed by atoms with Gasteiger partial charge in [0.1, 0.15) is 6.54 Å². The number of hydrogen-bond donors (Lipinski definition) is 2. The van der Waals surface area contributed by atoms with Crippen molar-refractivity contribution in [3.63, 3.8) is 0 Å². The Morgan fingerprint density at radius 2 is 2.10 bits per heavy atom. The highest BCUT2D eigenvalue weighted by molar-refractivity contribution is 6.09. The fourth-order valence-corrected chi connectivity index (χ4v) is 2.74. The Balaban J connectivity index is 2.14. The van der Waals surface area contributed by atoms with E-state index in [1.807, 2.05) is 18.2 Å². The second-order valence-corrected chi connectivity index (χ2v) is 5.98. The lowest BCUT2D eigenvalue weighted by molar-refractivity contribution is -0.122. The number of nitrogens with one attached hydrogen (secondary N) is 1. The lowest BCUT2D eigenvalue weighted by Crippen LogP contribution is -2.43. The second-order valence-electron chi connectivity index (χ2n) is 5.98. The molecule has 0 saturated carbocycles. The van der Waals surface area contributed by atoms with Crippen LogP contribution in [0.1, 0.15) is 26.7 Å². The number of carbonyl (C=O) groups excluding carboxylic acids is 2. The molecule has 1 atom stereocenters. The summed E-state index contributed by atoms with van der Waals surface area (Å²) in [7, 11) is 0. The molecule has 5 nitrogen and oxygen atoms in total. The van der Waals surface area contributed by atoms with Gasteiger partial charge in [-0.05, 0) is 36.9 Å². The minimum Gasteiger partial charge on any atom is -0.330 e. The molecule has 1 heterocycles. The van der Waals surface area contributed by atoms with Crippen molar-refractivity contribution < 1.29 is 9.59 Å². The molecule has 0 saturated heterocycles. The van der Waals surface area contributed by atoms with Gasteiger partial charge in [-0.3, -0.25) is 9.59 Å². The maximum Gasteiger partial charge on any atom is 0.244 e. The molecule has 0 aromatic heterocycles. The van der Waals surface area contributed by atoms with Crippen molar-refractivity contribution in [1.82, 2.24) is 0 Å². The summed E-state index contributed by atoms with van der Waals surface area (Å²) in [5.74, 6) is 0.474. The number of para-hydroxylation sites is 2. The third-order valence-corrected chi connectivity index (χ3v) is 3.67. The summed E-state index contributed by atoms with van der Waals surface area (Å²) < 4.78 is 0. The van der Waals surface area contributed by atoms with Crippen molar-refractivity contribution in [2.24, 2.45) is 17.6 Å². The minimum absolute atomic E-state index is 0.0339. The summed E-state index contributed by atoms with van der Waals surface area (Å²) in [5, 5.41) is 2.79. The van der Waals surface area contributed by atoms with Crippen molar-refractivity contribution in [2.45, 2.75) is 26.7 Å². The molecule has 3 N–H and O–H groups in total. The van der Waals surface area contributed by atoms with Crippen LogP contribution in [0.15, 0.2) is 24.3 Å². The Bertz CT molecular complexity index is 528. The van der Waals surface area contributed by atoms with Gasteiger partial charge in [-0.2, -0.15) is 0 Å². The van der Waals surface area contributed by atoms with Crippen LogP contribution >= 0.6 is 0 Å². The summed E-state index contributed by atoms with van der Waals surface area (Å²) in [6.07, 6.45) is 1.31. The molecule has 5 heteroatoms. The summed E-state index contributed by atoms with van der Waals surface area (Å²) in [4.78, 5) is 25.9. The molecule has 21 heavy (non-hydrogen) atoms. The highest BCUT2D eigenvalue weighted by Gasteiger charge is 2.27. The van der Waals surface area contributed by atoms with Crippen LogP contribution in [-0.2, 0) is 9.59 Å². The van der Waals surface area contributed by atoms with Crippen LogP contribution in [-0.4, -0.2) is 24.9 Å². The molecule has 2 rings (SSSR count). The van der Waals surface area contributed by atoms with Crippen LogP contribution in [0, 0.1) is 11.8 Å². The first-order chi connectivity index (χ1) is 10.0. The maximum absolute atomic E-state index is 12.5. The van der Waals surface area contributed by atoms with Gasteiger partial charge in [0.2, 0.25) is 11.8 Å². The SMILES string of the molecule is CC(C)C[C@H](CN)CC(=O)N1CC(=O)Nc2ccccc21. The fraction of sp³-hybridized carbons (Fsp3) is 0.500. The number of nitrogens with zero attached hydrogens (tertiary/aromatic N) is 1. The molecule has 1 aromatic rings. The van der Waals surface area contributed by atoms with Gasteiger partial charge in [0, 0.05) is 6.42 Å². The van der Waals surface area contributed by atoms with E-state index >= 15 is 0 Å². The molecule has 0 aliphatic carbocycles. The van der Waals surface area contributed by atoms with Gasteiger partial charge in [0.25, 0.3) is 0 Å². The molecule has 1 aromatic carbocycles. The second kappa shape index (κ2) is 6.72. The van der Waals surface area contributed by atoms with Crippen LogP contribution in [0.4, 0.5) is 11.4 Å². The fourth-order valence-electron chi connectivity index (χ4n) is 2.74. The number of carbonyl (C=O) groups is 2. The van der Waals surface area contributed by atoms with E-state index in [0.29, 0.717) is 24.6 Å². The zero-order valence-electron chi connectivity index (χ0n) is 12.6. The minimum atomic E-state index is -0.157. The Kier molecular flexibility index (Phi) is 4.96.